The van der Waals surface area contributed by atoms with Crippen LogP contribution in [0.25, 0.3) is 0 Å². The number of hydrogen-bond donors (Lipinski definition) is 5. The number of carbonyl (C=O) groups excluding carboxylic acids is 2. The van der Waals surface area contributed by atoms with Crippen LogP contribution in [0, 0.1) is 17.8 Å². The van der Waals surface area contributed by atoms with E-state index in [0.717, 1.165) is 31.5 Å². The van der Waals surface area contributed by atoms with Gasteiger partial charge in [0.2, 0.25) is 5.91 Å². The molecule has 6 aliphatic heterocycles. The van der Waals surface area contributed by atoms with Gasteiger partial charge in [0.25, 0.3) is 0 Å². The van der Waals surface area contributed by atoms with E-state index in [9.17, 15) is 9.59 Å². The Kier molecular flexibility index (Phi) is 8.01. The van der Waals surface area contributed by atoms with Gasteiger partial charge in [-0.3, -0.25) is 20.0 Å². The Morgan fingerprint density at radius 2 is 2.02 bits per heavy atom. The molecule has 11 nitrogen and oxygen atoms in total. The second-order valence-electron chi connectivity index (χ2n) is 12.8. The smallest absolute Gasteiger partial charge is 0.320 e. The lowest BCUT2D eigenvalue weighted by atomic mass is 9.77. The summed E-state index contributed by atoms with van der Waals surface area (Å²) in [5, 5.41) is 12.5. The molecule has 6 rings (SSSR count). The number of allylic oxidation sites excluding steroid dienone is 2. The fraction of sp³-hybridized carbons (Fsp3) is 0.724. The summed E-state index contributed by atoms with van der Waals surface area (Å²) in [5.74, 6) is 0.347. The molecule has 6 heterocycles. The van der Waals surface area contributed by atoms with E-state index < -0.39 is 12.3 Å². The maximum absolute atomic E-state index is 16.2. The zero-order valence-electron chi connectivity index (χ0n) is 24.4. The molecular formula is C29H46FN9O2. The maximum atomic E-state index is 16.2. The van der Waals surface area contributed by atoms with Gasteiger partial charge in [0, 0.05) is 56.0 Å². The second kappa shape index (κ2) is 11.5. The summed E-state index contributed by atoms with van der Waals surface area (Å²) >= 11 is 0. The molecule has 12 heteroatoms. The highest BCUT2D eigenvalue weighted by molar-refractivity contribution is 5.87. The molecule has 6 aliphatic rings. The molecule has 0 aromatic rings. The van der Waals surface area contributed by atoms with Gasteiger partial charge >= 0.3 is 6.03 Å². The number of alkyl halides is 1. The summed E-state index contributed by atoms with van der Waals surface area (Å²) in [6.07, 6.45) is 8.10. The van der Waals surface area contributed by atoms with Crippen LogP contribution >= 0.6 is 0 Å². The molecule has 0 radical (unpaired) electrons. The summed E-state index contributed by atoms with van der Waals surface area (Å²) in [6, 6.07) is -0.0177. The number of rotatable bonds is 3. The molecule has 0 aromatic carbocycles. The Labute approximate surface area is 242 Å². The third-order valence-electron chi connectivity index (χ3n) is 9.99. The zero-order chi connectivity index (χ0) is 28.8. The molecular weight excluding hydrogens is 525 g/mol. The Bertz CT molecular complexity index is 1080. The van der Waals surface area contributed by atoms with Gasteiger partial charge in [-0.1, -0.05) is 32.6 Å². The Hall–Kier alpha value is -2.67. The number of amides is 3. The molecule has 41 heavy (non-hydrogen) atoms. The highest BCUT2D eigenvalue weighted by Gasteiger charge is 2.56. The predicted molar refractivity (Wildman–Crippen MR) is 154 cm³/mol. The SMILES string of the molecule is C=CC(=O)N1CCN(C2NC(=O)N3C4NC(C(F)CC42)N2C=C(CC=CCC4CCNC(C(C)C)C43)NN2)[C@@H](C)C1. The number of piperidine rings is 2. The zero-order valence-corrected chi connectivity index (χ0v) is 24.4. The molecule has 9 atom stereocenters. The van der Waals surface area contributed by atoms with Gasteiger partial charge in [0.1, 0.15) is 12.3 Å². The lowest BCUT2D eigenvalue weighted by Gasteiger charge is -2.59. The van der Waals surface area contributed by atoms with Crippen molar-refractivity contribution in [1.82, 2.24) is 46.6 Å². The number of halogens is 1. The van der Waals surface area contributed by atoms with Crippen LogP contribution in [0.1, 0.15) is 46.5 Å². The number of hydrogen-bond acceptors (Lipinski definition) is 8. The van der Waals surface area contributed by atoms with E-state index in [4.69, 9.17) is 0 Å². The first-order chi connectivity index (χ1) is 19.8. The van der Waals surface area contributed by atoms with E-state index in [2.05, 4.69) is 71.3 Å². The second-order valence-corrected chi connectivity index (χ2v) is 12.8. The topological polar surface area (TPSA) is 107 Å². The predicted octanol–water partition coefficient (Wildman–Crippen LogP) is 1.18. The molecule has 0 spiro atoms. The van der Waals surface area contributed by atoms with E-state index in [1.54, 1.807) is 9.91 Å². The molecule has 0 aromatic heterocycles. The highest BCUT2D eigenvalue weighted by Crippen LogP contribution is 2.39. The van der Waals surface area contributed by atoms with Gasteiger partial charge in [-0.2, -0.15) is 0 Å². The van der Waals surface area contributed by atoms with Crippen LogP contribution in [0.3, 0.4) is 0 Å². The minimum atomic E-state index is -1.17. The number of fused-ring (bicyclic) bond motifs is 5. The first-order valence-corrected chi connectivity index (χ1v) is 15.3. The normalized spacial score (nSPS) is 39.5. The largest absolute Gasteiger partial charge is 0.336 e. The average molecular weight is 572 g/mol. The molecule has 8 unspecified atom stereocenters. The molecule has 4 fully saturated rings. The standard InChI is InChI=1S/C29H46FN9O2/c1-5-23(40)36-12-13-37(18(4)15-36)26-21-14-22(30)28-32-27(21)39(29(41)33-26)25-19(10-11-31-24(25)17(2)3)8-6-7-9-20-16-38(28)35-34-20/h5-7,16-19,21-22,24-28,31-32,34-35H,1,8-15H2,2-4H3,(H,33,41)/t18-,19?,21?,22?,24?,25?,26?,27?,28?/m0/s1. The fourth-order valence-electron chi connectivity index (χ4n) is 7.97. The number of nitrogens with zero attached hydrogens (tertiary/aromatic N) is 4. The molecule has 226 valence electrons. The molecule has 4 bridgehead atoms. The maximum Gasteiger partial charge on any atom is 0.320 e. The Morgan fingerprint density at radius 3 is 2.78 bits per heavy atom. The van der Waals surface area contributed by atoms with Crippen LogP contribution in [0.4, 0.5) is 9.18 Å². The summed E-state index contributed by atoms with van der Waals surface area (Å²) in [6.45, 7) is 12.8. The van der Waals surface area contributed by atoms with Gasteiger partial charge in [0.05, 0.1) is 18.4 Å². The summed E-state index contributed by atoms with van der Waals surface area (Å²) in [5.41, 5.74) is 7.29. The molecule has 0 saturated carbocycles. The van der Waals surface area contributed by atoms with E-state index >= 15 is 4.39 Å². The van der Waals surface area contributed by atoms with Crippen molar-refractivity contribution in [3.05, 3.63) is 36.7 Å². The van der Waals surface area contributed by atoms with Crippen molar-refractivity contribution in [2.24, 2.45) is 17.8 Å². The van der Waals surface area contributed by atoms with Crippen LogP contribution in [0.5, 0.6) is 0 Å². The summed E-state index contributed by atoms with van der Waals surface area (Å²) in [4.78, 5) is 32.7. The summed E-state index contributed by atoms with van der Waals surface area (Å²) in [7, 11) is 0. The fourth-order valence-corrected chi connectivity index (χ4v) is 7.97. The number of hydrazine groups is 2. The van der Waals surface area contributed by atoms with Crippen molar-refractivity contribution >= 4 is 11.9 Å². The first-order valence-electron chi connectivity index (χ1n) is 15.3. The molecule has 0 aliphatic carbocycles. The molecule has 5 N–H and O–H groups in total. The lowest BCUT2D eigenvalue weighted by Crippen LogP contribution is -2.80. The monoisotopic (exact) mass is 571 g/mol. The van der Waals surface area contributed by atoms with E-state index in [0.29, 0.717) is 32.0 Å². The van der Waals surface area contributed by atoms with Crippen molar-refractivity contribution < 1.29 is 14.0 Å². The number of nitrogens with one attached hydrogen (secondary N) is 5. The van der Waals surface area contributed by atoms with Gasteiger partial charge < -0.3 is 25.9 Å². The van der Waals surface area contributed by atoms with E-state index in [-0.39, 0.29) is 54.2 Å². The number of urea groups is 1. The van der Waals surface area contributed by atoms with Crippen LogP contribution in [-0.2, 0) is 4.79 Å². The minimum absolute atomic E-state index is 0.00243. The van der Waals surface area contributed by atoms with Crippen LogP contribution in [-0.4, -0.2) is 101 Å². The van der Waals surface area contributed by atoms with Crippen molar-refractivity contribution in [3.8, 4) is 0 Å². The average Bonchev–Trinajstić information content (AvgIpc) is 3.43. The van der Waals surface area contributed by atoms with Crippen LogP contribution in [0.2, 0.25) is 0 Å². The van der Waals surface area contributed by atoms with Gasteiger partial charge in [-0.05, 0) is 50.6 Å². The van der Waals surface area contributed by atoms with Gasteiger partial charge in [-0.25, -0.2) is 9.18 Å². The third kappa shape index (κ3) is 5.24. The Balaban J connectivity index is 1.37. The number of carbonyl (C=O) groups is 2. The molecule has 3 amide bonds. The first kappa shape index (κ1) is 28.4. The lowest BCUT2D eigenvalue weighted by molar-refractivity contribution is -0.132. The van der Waals surface area contributed by atoms with E-state index in [1.807, 2.05) is 11.1 Å². The van der Waals surface area contributed by atoms with Crippen molar-refractivity contribution in [2.75, 3.05) is 26.2 Å². The van der Waals surface area contributed by atoms with Crippen LogP contribution in [0.15, 0.2) is 36.7 Å². The van der Waals surface area contributed by atoms with Crippen molar-refractivity contribution in [1.29, 1.82) is 0 Å². The highest BCUT2D eigenvalue weighted by atomic mass is 19.1. The van der Waals surface area contributed by atoms with Crippen molar-refractivity contribution in [3.63, 3.8) is 0 Å². The Morgan fingerprint density at radius 1 is 1.20 bits per heavy atom. The van der Waals surface area contributed by atoms with Crippen molar-refractivity contribution in [2.45, 2.75) is 89.2 Å². The quantitative estimate of drug-likeness (QED) is 0.254. The van der Waals surface area contributed by atoms with Gasteiger partial charge in [0.15, 0.2) is 0 Å². The number of piperazine rings is 1. The molecule has 4 saturated heterocycles. The summed E-state index contributed by atoms with van der Waals surface area (Å²) < 4.78 is 16.2. The van der Waals surface area contributed by atoms with E-state index in [1.165, 1.54) is 6.08 Å². The van der Waals surface area contributed by atoms with Gasteiger partial charge in [-0.15, -0.1) is 5.53 Å². The minimum Gasteiger partial charge on any atom is -0.336 e. The van der Waals surface area contributed by atoms with Crippen LogP contribution < -0.4 is 26.9 Å². The third-order valence-corrected chi connectivity index (χ3v) is 9.99.